The zero-order chi connectivity index (χ0) is 14.7. The van der Waals surface area contributed by atoms with Gasteiger partial charge in [0.15, 0.2) is 0 Å². The molecular formula is C14H16ClN3O2. The molecule has 0 saturated carbocycles. The fourth-order valence-corrected chi connectivity index (χ4v) is 2.04. The van der Waals surface area contributed by atoms with Crippen LogP contribution >= 0.6 is 11.6 Å². The summed E-state index contributed by atoms with van der Waals surface area (Å²) >= 11 is 5.89. The van der Waals surface area contributed by atoms with Crippen LogP contribution in [-0.4, -0.2) is 29.4 Å². The summed E-state index contributed by atoms with van der Waals surface area (Å²) in [6.07, 6.45) is 0. The van der Waals surface area contributed by atoms with Gasteiger partial charge in [0.05, 0.1) is 6.54 Å². The van der Waals surface area contributed by atoms with Crippen molar-refractivity contribution in [3.8, 4) is 0 Å². The van der Waals surface area contributed by atoms with Crippen molar-refractivity contribution in [1.82, 2.24) is 15.6 Å². The van der Waals surface area contributed by atoms with Gasteiger partial charge < -0.3 is 15.6 Å². The van der Waals surface area contributed by atoms with E-state index in [0.717, 1.165) is 10.9 Å². The van der Waals surface area contributed by atoms with E-state index in [0.29, 0.717) is 10.7 Å². The van der Waals surface area contributed by atoms with E-state index in [2.05, 4.69) is 15.6 Å². The molecule has 0 bridgehead atoms. The van der Waals surface area contributed by atoms with Crippen LogP contribution in [-0.2, 0) is 4.79 Å². The molecule has 0 atom stereocenters. The van der Waals surface area contributed by atoms with E-state index in [-0.39, 0.29) is 24.4 Å². The molecule has 1 aromatic heterocycles. The highest BCUT2D eigenvalue weighted by atomic mass is 35.5. The summed E-state index contributed by atoms with van der Waals surface area (Å²) in [5.41, 5.74) is 1.23. The number of halogens is 1. The molecule has 1 aromatic carbocycles. The molecule has 3 N–H and O–H groups in total. The Kier molecular flexibility index (Phi) is 4.29. The number of aromatic nitrogens is 1. The number of amides is 2. The molecule has 2 rings (SSSR count). The van der Waals surface area contributed by atoms with Crippen LogP contribution in [0.3, 0.4) is 0 Å². The van der Waals surface area contributed by atoms with Crippen molar-refractivity contribution in [1.29, 1.82) is 0 Å². The lowest BCUT2D eigenvalue weighted by atomic mass is 10.2. The lowest BCUT2D eigenvalue weighted by molar-refractivity contribution is -0.120. The van der Waals surface area contributed by atoms with Crippen LogP contribution in [0.5, 0.6) is 0 Å². The van der Waals surface area contributed by atoms with Crippen molar-refractivity contribution in [3.05, 3.63) is 35.0 Å². The number of hydrogen-bond donors (Lipinski definition) is 3. The molecule has 0 spiro atoms. The normalized spacial score (nSPS) is 10.8. The van der Waals surface area contributed by atoms with Gasteiger partial charge in [-0.25, -0.2) is 0 Å². The van der Waals surface area contributed by atoms with Gasteiger partial charge in [-0.2, -0.15) is 0 Å². The summed E-state index contributed by atoms with van der Waals surface area (Å²) in [4.78, 5) is 26.4. The van der Waals surface area contributed by atoms with Crippen LogP contribution in [0, 0.1) is 0 Å². The molecule has 2 aromatic rings. The van der Waals surface area contributed by atoms with Gasteiger partial charge in [0.25, 0.3) is 5.91 Å². The highest BCUT2D eigenvalue weighted by Crippen LogP contribution is 2.19. The van der Waals surface area contributed by atoms with Crippen LogP contribution in [0.15, 0.2) is 24.3 Å². The number of benzene rings is 1. The Bertz CT molecular complexity index is 649. The Hall–Kier alpha value is -2.01. The van der Waals surface area contributed by atoms with E-state index in [9.17, 15) is 9.59 Å². The van der Waals surface area contributed by atoms with E-state index in [1.807, 2.05) is 13.8 Å². The highest BCUT2D eigenvalue weighted by Gasteiger charge is 2.11. The Labute approximate surface area is 121 Å². The van der Waals surface area contributed by atoms with Crippen LogP contribution in [0.25, 0.3) is 10.9 Å². The third-order valence-corrected chi connectivity index (χ3v) is 2.92. The number of carbonyl (C=O) groups excluding carboxylic acids is 2. The van der Waals surface area contributed by atoms with Gasteiger partial charge in [-0.15, -0.1) is 0 Å². The lowest BCUT2D eigenvalue weighted by Crippen LogP contribution is -2.39. The molecule has 20 heavy (non-hydrogen) atoms. The van der Waals surface area contributed by atoms with E-state index in [1.54, 1.807) is 24.3 Å². The topological polar surface area (TPSA) is 74.0 Å². The van der Waals surface area contributed by atoms with Gasteiger partial charge in [0.2, 0.25) is 5.91 Å². The average Bonchev–Trinajstić information content (AvgIpc) is 2.78. The standard InChI is InChI=1S/C14H16ClN3O2/c1-8(2)17-13(19)7-16-14(20)12-6-9-5-10(15)3-4-11(9)18-12/h3-6,8,18H,7H2,1-2H3,(H,16,20)(H,17,19). The minimum Gasteiger partial charge on any atom is -0.352 e. The van der Waals surface area contributed by atoms with Gasteiger partial charge in [-0.05, 0) is 38.1 Å². The number of hydrogen-bond acceptors (Lipinski definition) is 2. The molecule has 1 heterocycles. The fourth-order valence-electron chi connectivity index (χ4n) is 1.85. The molecule has 0 radical (unpaired) electrons. The Balaban J connectivity index is 2.02. The summed E-state index contributed by atoms with van der Waals surface area (Å²) < 4.78 is 0. The maximum atomic E-state index is 11.9. The molecule has 0 saturated heterocycles. The Morgan fingerprint density at radius 1 is 1.30 bits per heavy atom. The van der Waals surface area contributed by atoms with Crippen molar-refractivity contribution in [2.75, 3.05) is 6.54 Å². The van der Waals surface area contributed by atoms with Crippen molar-refractivity contribution < 1.29 is 9.59 Å². The van der Waals surface area contributed by atoms with Gasteiger partial charge >= 0.3 is 0 Å². The van der Waals surface area contributed by atoms with Gasteiger partial charge in [0, 0.05) is 22.0 Å². The summed E-state index contributed by atoms with van der Waals surface area (Å²) in [6, 6.07) is 7.08. The molecule has 106 valence electrons. The van der Waals surface area contributed by atoms with E-state index >= 15 is 0 Å². The average molecular weight is 294 g/mol. The van der Waals surface area contributed by atoms with Gasteiger partial charge in [0.1, 0.15) is 5.69 Å². The maximum absolute atomic E-state index is 11.9. The molecule has 0 aliphatic rings. The van der Waals surface area contributed by atoms with Crippen molar-refractivity contribution >= 4 is 34.3 Å². The third-order valence-electron chi connectivity index (χ3n) is 2.69. The molecule has 5 nitrogen and oxygen atoms in total. The zero-order valence-corrected chi connectivity index (χ0v) is 12.0. The molecule has 6 heteroatoms. The van der Waals surface area contributed by atoms with Crippen molar-refractivity contribution in [3.63, 3.8) is 0 Å². The Morgan fingerprint density at radius 3 is 2.75 bits per heavy atom. The molecule has 0 fully saturated rings. The minimum absolute atomic E-state index is 0.0485. The number of H-pyrrole nitrogens is 1. The Morgan fingerprint density at radius 2 is 2.05 bits per heavy atom. The fraction of sp³-hybridized carbons (Fsp3) is 0.286. The summed E-state index contributed by atoms with van der Waals surface area (Å²) in [6.45, 7) is 3.68. The van der Waals surface area contributed by atoms with Crippen LogP contribution in [0.1, 0.15) is 24.3 Å². The van der Waals surface area contributed by atoms with Gasteiger partial charge in [-0.1, -0.05) is 11.6 Å². The summed E-state index contributed by atoms with van der Waals surface area (Å²) in [7, 11) is 0. The first kappa shape index (κ1) is 14.4. The quantitative estimate of drug-likeness (QED) is 0.807. The maximum Gasteiger partial charge on any atom is 0.268 e. The zero-order valence-electron chi connectivity index (χ0n) is 11.3. The van der Waals surface area contributed by atoms with E-state index < -0.39 is 0 Å². The largest absolute Gasteiger partial charge is 0.352 e. The van der Waals surface area contributed by atoms with Crippen LogP contribution in [0.4, 0.5) is 0 Å². The minimum atomic E-state index is -0.323. The summed E-state index contributed by atoms with van der Waals surface area (Å²) in [5, 5.41) is 6.73. The first-order chi connectivity index (χ1) is 9.45. The molecule has 0 unspecified atom stereocenters. The summed E-state index contributed by atoms with van der Waals surface area (Å²) in [5.74, 6) is -0.538. The predicted molar refractivity (Wildman–Crippen MR) is 78.9 cm³/mol. The number of rotatable bonds is 4. The molecule has 0 aliphatic carbocycles. The number of nitrogens with one attached hydrogen (secondary N) is 3. The van der Waals surface area contributed by atoms with Crippen molar-refractivity contribution in [2.24, 2.45) is 0 Å². The third kappa shape index (κ3) is 3.51. The number of fused-ring (bicyclic) bond motifs is 1. The van der Waals surface area contributed by atoms with Gasteiger partial charge in [-0.3, -0.25) is 9.59 Å². The second-order valence-corrected chi connectivity index (χ2v) is 5.26. The lowest BCUT2D eigenvalue weighted by Gasteiger charge is -2.08. The first-order valence-electron chi connectivity index (χ1n) is 6.31. The first-order valence-corrected chi connectivity index (χ1v) is 6.69. The second kappa shape index (κ2) is 5.96. The monoisotopic (exact) mass is 293 g/mol. The smallest absolute Gasteiger partial charge is 0.268 e. The highest BCUT2D eigenvalue weighted by molar-refractivity contribution is 6.31. The SMILES string of the molecule is CC(C)NC(=O)CNC(=O)c1cc2cc(Cl)ccc2[nH]1. The van der Waals surface area contributed by atoms with Crippen molar-refractivity contribution in [2.45, 2.75) is 19.9 Å². The van der Waals surface area contributed by atoms with Crippen LogP contribution in [0.2, 0.25) is 5.02 Å². The molecule has 2 amide bonds. The second-order valence-electron chi connectivity index (χ2n) is 4.82. The molecular weight excluding hydrogens is 278 g/mol. The number of carbonyl (C=O) groups is 2. The number of aromatic amines is 1. The molecule has 0 aliphatic heterocycles. The van der Waals surface area contributed by atoms with Crippen LogP contribution < -0.4 is 10.6 Å². The van der Waals surface area contributed by atoms with E-state index in [1.165, 1.54) is 0 Å². The predicted octanol–water partition coefficient (Wildman–Crippen LogP) is 2.08. The van der Waals surface area contributed by atoms with E-state index in [4.69, 9.17) is 11.6 Å².